The number of carbonyl (C=O) groups is 1. The monoisotopic (exact) mass is 458 g/mol. The standard InChI is InChI=1S/C25H34N2O6/c28-25(29)19-9-12-30-20(13-19)14-27-10-7-18(8-11-27)16-32-24-23-21(31-15-17-3-1-4-17)5-2-6-22(23)33-26-24/h2,5-6,17-20H,1,3-4,7-16H2,(H,28,29). The van der Waals surface area contributed by atoms with Gasteiger partial charge in [-0.1, -0.05) is 12.5 Å². The van der Waals surface area contributed by atoms with E-state index < -0.39 is 5.97 Å². The molecule has 8 nitrogen and oxygen atoms in total. The summed E-state index contributed by atoms with van der Waals surface area (Å²) >= 11 is 0. The van der Waals surface area contributed by atoms with Crippen LogP contribution in [-0.4, -0.2) is 66.7 Å². The van der Waals surface area contributed by atoms with Crippen molar-refractivity contribution in [1.29, 1.82) is 0 Å². The average molecular weight is 459 g/mol. The number of rotatable bonds is 9. The van der Waals surface area contributed by atoms with Gasteiger partial charge in [0.2, 0.25) is 0 Å². The zero-order valence-electron chi connectivity index (χ0n) is 19.1. The van der Waals surface area contributed by atoms with Crippen LogP contribution in [0.15, 0.2) is 22.7 Å². The molecule has 0 spiro atoms. The lowest BCUT2D eigenvalue weighted by Gasteiger charge is -2.36. The Hall–Kier alpha value is -2.32. The van der Waals surface area contributed by atoms with E-state index in [0.29, 0.717) is 49.4 Å². The molecule has 3 aliphatic rings. The van der Waals surface area contributed by atoms with Gasteiger partial charge < -0.3 is 28.7 Å². The molecule has 1 aromatic heterocycles. The van der Waals surface area contributed by atoms with Crippen LogP contribution in [0.25, 0.3) is 11.0 Å². The van der Waals surface area contributed by atoms with Crippen LogP contribution in [0.4, 0.5) is 0 Å². The van der Waals surface area contributed by atoms with Crippen LogP contribution in [0.3, 0.4) is 0 Å². The third kappa shape index (κ3) is 5.44. The lowest BCUT2D eigenvalue weighted by atomic mass is 9.86. The van der Waals surface area contributed by atoms with Gasteiger partial charge in [-0.3, -0.25) is 4.79 Å². The minimum Gasteiger partial charge on any atom is -0.492 e. The fraction of sp³-hybridized carbons (Fsp3) is 0.680. The first-order valence-corrected chi connectivity index (χ1v) is 12.4. The number of likely N-dealkylation sites (tertiary alicyclic amines) is 1. The van der Waals surface area contributed by atoms with Gasteiger partial charge in [0, 0.05) is 13.2 Å². The van der Waals surface area contributed by atoms with Gasteiger partial charge in [-0.05, 0) is 80.7 Å². The second kappa shape index (κ2) is 10.3. The Kier molecular flexibility index (Phi) is 7.02. The number of piperidine rings is 1. The van der Waals surface area contributed by atoms with E-state index in [4.69, 9.17) is 18.7 Å². The second-order valence-electron chi connectivity index (χ2n) is 9.83. The van der Waals surface area contributed by atoms with E-state index in [-0.39, 0.29) is 12.0 Å². The molecule has 2 saturated heterocycles. The van der Waals surface area contributed by atoms with Crippen LogP contribution in [0.5, 0.6) is 11.6 Å². The maximum Gasteiger partial charge on any atom is 0.306 e. The quantitative estimate of drug-likeness (QED) is 0.603. The third-order valence-electron chi connectivity index (χ3n) is 7.47. The number of hydrogen-bond donors (Lipinski definition) is 1. The highest BCUT2D eigenvalue weighted by atomic mass is 16.5. The van der Waals surface area contributed by atoms with Gasteiger partial charge in [-0.15, -0.1) is 0 Å². The molecule has 2 aromatic rings. The summed E-state index contributed by atoms with van der Waals surface area (Å²) in [4.78, 5) is 13.7. The molecule has 2 atom stereocenters. The van der Waals surface area contributed by atoms with Gasteiger partial charge in [0.15, 0.2) is 5.58 Å². The number of benzene rings is 1. The van der Waals surface area contributed by atoms with Gasteiger partial charge in [-0.2, -0.15) is 0 Å². The van der Waals surface area contributed by atoms with Crippen LogP contribution >= 0.6 is 0 Å². The summed E-state index contributed by atoms with van der Waals surface area (Å²) in [6.07, 6.45) is 7.12. The zero-order valence-corrected chi connectivity index (χ0v) is 19.1. The van der Waals surface area contributed by atoms with Crippen molar-refractivity contribution in [2.45, 2.75) is 51.0 Å². The molecule has 1 saturated carbocycles. The van der Waals surface area contributed by atoms with Crippen molar-refractivity contribution in [3.63, 3.8) is 0 Å². The predicted molar refractivity (Wildman–Crippen MR) is 122 cm³/mol. The number of aromatic nitrogens is 1. The largest absolute Gasteiger partial charge is 0.492 e. The first-order valence-electron chi connectivity index (χ1n) is 12.4. The first kappa shape index (κ1) is 22.5. The van der Waals surface area contributed by atoms with Crippen molar-refractivity contribution < 1.29 is 28.6 Å². The van der Waals surface area contributed by atoms with Crippen LogP contribution in [0.1, 0.15) is 44.9 Å². The van der Waals surface area contributed by atoms with Crippen molar-refractivity contribution in [3.05, 3.63) is 18.2 Å². The second-order valence-corrected chi connectivity index (χ2v) is 9.83. The van der Waals surface area contributed by atoms with Crippen molar-refractivity contribution in [1.82, 2.24) is 10.1 Å². The highest BCUT2D eigenvalue weighted by molar-refractivity contribution is 5.88. The topological polar surface area (TPSA) is 94.3 Å². The minimum atomic E-state index is -0.698. The molecule has 1 aromatic carbocycles. The number of hydrogen-bond acceptors (Lipinski definition) is 7. The number of carboxylic acid groups (broad SMARTS) is 1. The Bertz CT molecular complexity index is 934. The number of nitrogens with zero attached hydrogens (tertiary/aromatic N) is 2. The molecule has 1 aliphatic carbocycles. The molecule has 33 heavy (non-hydrogen) atoms. The fourth-order valence-corrected chi connectivity index (χ4v) is 5.07. The summed E-state index contributed by atoms with van der Waals surface area (Å²) in [5.41, 5.74) is 0.693. The van der Waals surface area contributed by atoms with Crippen LogP contribution in [0.2, 0.25) is 0 Å². The molecular formula is C25H34N2O6. The maximum atomic E-state index is 11.3. The molecule has 180 valence electrons. The van der Waals surface area contributed by atoms with E-state index >= 15 is 0 Å². The van der Waals surface area contributed by atoms with Crippen molar-refractivity contribution in [2.24, 2.45) is 17.8 Å². The lowest BCUT2D eigenvalue weighted by Crippen LogP contribution is -2.43. The highest BCUT2D eigenvalue weighted by Crippen LogP contribution is 2.36. The van der Waals surface area contributed by atoms with Crippen molar-refractivity contribution in [3.8, 4) is 11.6 Å². The van der Waals surface area contributed by atoms with Gasteiger partial charge in [0.25, 0.3) is 5.88 Å². The molecule has 2 unspecified atom stereocenters. The molecule has 3 fully saturated rings. The molecule has 0 amide bonds. The van der Waals surface area contributed by atoms with Gasteiger partial charge in [-0.25, -0.2) is 0 Å². The van der Waals surface area contributed by atoms with Crippen molar-refractivity contribution >= 4 is 16.9 Å². The highest BCUT2D eigenvalue weighted by Gasteiger charge is 2.30. The van der Waals surface area contributed by atoms with Crippen LogP contribution < -0.4 is 9.47 Å². The molecule has 5 rings (SSSR count). The Morgan fingerprint density at radius 2 is 1.88 bits per heavy atom. The molecule has 3 heterocycles. The molecule has 2 aliphatic heterocycles. The van der Waals surface area contributed by atoms with Gasteiger partial charge in [0.1, 0.15) is 11.1 Å². The Labute approximate surface area is 194 Å². The minimum absolute atomic E-state index is 0.0208. The summed E-state index contributed by atoms with van der Waals surface area (Å²) in [5.74, 6) is 1.45. The zero-order chi connectivity index (χ0) is 22.6. The number of carboxylic acids is 1. The molecule has 1 N–H and O–H groups in total. The predicted octanol–water partition coefficient (Wildman–Crippen LogP) is 3.98. The summed E-state index contributed by atoms with van der Waals surface area (Å²) in [6, 6.07) is 5.79. The summed E-state index contributed by atoms with van der Waals surface area (Å²) in [7, 11) is 0. The van der Waals surface area contributed by atoms with E-state index in [1.807, 2.05) is 18.2 Å². The molecular weight excluding hydrogens is 424 g/mol. The van der Waals surface area contributed by atoms with E-state index in [0.717, 1.165) is 50.2 Å². The molecule has 8 heteroatoms. The van der Waals surface area contributed by atoms with E-state index in [1.165, 1.54) is 19.3 Å². The maximum absolute atomic E-state index is 11.3. The fourth-order valence-electron chi connectivity index (χ4n) is 5.07. The Balaban J connectivity index is 1.10. The summed E-state index contributed by atoms with van der Waals surface area (Å²) < 4.78 is 23.5. The van der Waals surface area contributed by atoms with E-state index in [9.17, 15) is 9.90 Å². The number of ether oxygens (including phenoxy) is 3. The summed E-state index contributed by atoms with van der Waals surface area (Å²) in [5, 5.41) is 14.3. The molecule has 0 bridgehead atoms. The lowest BCUT2D eigenvalue weighted by molar-refractivity contribution is -0.147. The smallest absolute Gasteiger partial charge is 0.306 e. The SMILES string of the molecule is O=C(O)C1CCOC(CN2CCC(COc3noc4cccc(OCC5CCC5)c34)CC2)C1. The average Bonchev–Trinajstić information content (AvgIpc) is 3.22. The van der Waals surface area contributed by atoms with E-state index in [1.54, 1.807) is 0 Å². The third-order valence-corrected chi connectivity index (χ3v) is 7.47. The molecule has 0 radical (unpaired) electrons. The van der Waals surface area contributed by atoms with Crippen molar-refractivity contribution in [2.75, 3.05) is 39.5 Å². The van der Waals surface area contributed by atoms with Gasteiger partial charge >= 0.3 is 5.97 Å². The van der Waals surface area contributed by atoms with Crippen LogP contribution in [-0.2, 0) is 9.53 Å². The summed E-state index contributed by atoms with van der Waals surface area (Å²) in [6.45, 7) is 4.65. The normalized spacial score (nSPS) is 25.1. The Morgan fingerprint density at radius 1 is 1.09 bits per heavy atom. The van der Waals surface area contributed by atoms with Crippen LogP contribution in [0, 0.1) is 17.8 Å². The van der Waals surface area contributed by atoms with E-state index in [2.05, 4.69) is 10.1 Å². The number of fused-ring (bicyclic) bond motifs is 1. The first-order chi connectivity index (χ1) is 16.2. The van der Waals surface area contributed by atoms with Gasteiger partial charge in [0.05, 0.1) is 25.2 Å². The Morgan fingerprint density at radius 3 is 2.64 bits per heavy atom. The number of aliphatic carboxylic acids is 1.